The van der Waals surface area contributed by atoms with Crippen molar-refractivity contribution in [3.63, 3.8) is 0 Å². The molecule has 1 fully saturated rings. The number of ether oxygens (including phenoxy) is 1. The summed E-state index contributed by atoms with van der Waals surface area (Å²) in [5, 5.41) is 18.2. The number of alkyl halides is 2. The van der Waals surface area contributed by atoms with Crippen molar-refractivity contribution in [2.45, 2.75) is 38.8 Å². The number of carbonyl (C=O) groups excluding carboxylic acids is 3. The molecule has 186 valence electrons. The fourth-order valence-electron chi connectivity index (χ4n) is 3.45. The minimum atomic E-state index is -3.12. The van der Waals surface area contributed by atoms with Gasteiger partial charge in [0.15, 0.2) is 0 Å². The summed E-state index contributed by atoms with van der Waals surface area (Å²) >= 11 is 0. The number of benzene rings is 1. The van der Waals surface area contributed by atoms with Gasteiger partial charge in [0.2, 0.25) is 5.91 Å². The zero-order chi connectivity index (χ0) is 25.6. The summed E-state index contributed by atoms with van der Waals surface area (Å²) in [6, 6.07) is 7.50. The lowest BCUT2D eigenvalue weighted by atomic mass is 10.2. The minimum absolute atomic E-state index is 0.174. The lowest BCUT2D eigenvalue weighted by Gasteiger charge is -2.19. The molecule has 0 unspecified atom stereocenters. The van der Waals surface area contributed by atoms with Gasteiger partial charge in [-0.25, -0.2) is 13.6 Å². The van der Waals surface area contributed by atoms with Gasteiger partial charge >= 0.3 is 6.09 Å². The fraction of sp³-hybridized carbons (Fsp3) is 0.435. The Kier molecular flexibility index (Phi) is 8.01. The predicted molar refractivity (Wildman–Crippen MR) is 121 cm³/mol. The van der Waals surface area contributed by atoms with Crippen LogP contribution < -0.4 is 10.6 Å². The van der Waals surface area contributed by atoms with E-state index in [1.54, 1.807) is 24.3 Å². The molecule has 12 heteroatoms. The maximum Gasteiger partial charge on any atom is 0.411 e. The summed E-state index contributed by atoms with van der Waals surface area (Å²) in [4.78, 5) is 37.2. The number of nitrogens with one attached hydrogen (secondary N) is 2. The van der Waals surface area contributed by atoms with Crippen molar-refractivity contribution in [2.24, 2.45) is 5.92 Å². The summed E-state index contributed by atoms with van der Waals surface area (Å²) in [5.41, 5.74) is 1.52. The molecule has 1 aliphatic heterocycles. The number of halogens is 2. The van der Waals surface area contributed by atoms with Crippen molar-refractivity contribution in [2.75, 3.05) is 25.0 Å². The van der Waals surface area contributed by atoms with E-state index < -0.39 is 49.4 Å². The molecule has 1 atom stereocenters. The zero-order valence-corrected chi connectivity index (χ0v) is 19.3. The molecule has 2 heterocycles. The molecular weight excluding hydrogens is 462 g/mol. The van der Waals surface area contributed by atoms with Gasteiger partial charge in [0, 0.05) is 18.3 Å². The molecule has 1 aliphatic rings. The largest absolute Gasteiger partial charge is 0.449 e. The molecule has 0 aliphatic carbocycles. The third-order valence-corrected chi connectivity index (χ3v) is 5.10. The molecule has 10 nitrogen and oxygen atoms in total. The Bertz CT molecular complexity index is 1130. The molecule has 1 aromatic carbocycles. The maximum absolute atomic E-state index is 13.5. The molecule has 0 spiro atoms. The summed E-state index contributed by atoms with van der Waals surface area (Å²) in [7, 11) is 0. The van der Waals surface area contributed by atoms with Crippen LogP contribution in [0.5, 0.6) is 0 Å². The number of anilines is 1. The Morgan fingerprint density at radius 3 is 2.83 bits per heavy atom. The van der Waals surface area contributed by atoms with Crippen molar-refractivity contribution < 1.29 is 27.9 Å². The predicted octanol–water partition coefficient (Wildman–Crippen LogP) is 2.63. The highest BCUT2D eigenvalue weighted by atomic mass is 19.3. The van der Waals surface area contributed by atoms with Gasteiger partial charge in [0.05, 0.1) is 44.1 Å². The van der Waals surface area contributed by atoms with Crippen LogP contribution in [0.1, 0.15) is 36.2 Å². The number of rotatable bonds is 8. The number of nitriles is 1. The van der Waals surface area contributed by atoms with E-state index >= 15 is 0 Å². The molecule has 3 amide bonds. The zero-order valence-electron chi connectivity index (χ0n) is 19.3. The topological polar surface area (TPSA) is 129 Å². The van der Waals surface area contributed by atoms with Gasteiger partial charge in [-0.2, -0.15) is 10.4 Å². The van der Waals surface area contributed by atoms with Gasteiger partial charge in [-0.05, 0) is 23.6 Å². The first-order valence-corrected chi connectivity index (χ1v) is 11.0. The highest BCUT2D eigenvalue weighted by Gasteiger charge is 2.47. The summed E-state index contributed by atoms with van der Waals surface area (Å²) in [6.45, 7) is 3.11. The summed E-state index contributed by atoms with van der Waals surface area (Å²) in [5.74, 6) is -4.27. The lowest BCUT2D eigenvalue weighted by Crippen LogP contribution is -2.42. The molecule has 2 aromatic rings. The Balaban J connectivity index is 1.53. The number of hydrogen-bond acceptors (Lipinski definition) is 6. The normalized spacial score (nSPS) is 16.6. The molecule has 2 N–H and O–H groups in total. The second-order valence-electron chi connectivity index (χ2n) is 8.65. The molecule has 0 radical (unpaired) electrons. The Labute approximate surface area is 200 Å². The van der Waals surface area contributed by atoms with Crippen molar-refractivity contribution in [1.82, 2.24) is 20.0 Å². The van der Waals surface area contributed by atoms with Crippen LogP contribution in [-0.4, -0.2) is 64.2 Å². The van der Waals surface area contributed by atoms with E-state index in [-0.39, 0.29) is 11.5 Å². The van der Waals surface area contributed by atoms with E-state index in [2.05, 4.69) is 15.7 Å². The first-order chi connectivity index (χ1) is 16.6. The first kappa shape index (κ1) is 25.6. The average molecular weight is 488 g/mol. The van der Waals surface area contributed by atoms with Crippen LogP contribution in [0.25, 0.3) is 0 Å². The van der Waals surface area contributed by atoms with Crippen LogP contribution in [0.15, 0.2) is 36.7 Å². The molecule has 0 saturated carbocycles. The Morgan fingerprint density at radius 1 is 1.34 bits per heavy atom. The fourth-order valence-corrected chi connectivity index (χ4v) is 3.45. The van der Waals surface area contributed by atoms with Gasteiger partial charge in [0.1, 0.15) is 6.04 Å². The molecule has 3 rings (SSSR count). The van der Waals surface area contributed by atoms with Gasteiger partial charge in [-0.3, -0.25) is 19.6 Å². The SMILES string of the molecule is CC(C)COC(=O)Nc1cccc(Cn2cc(C(=O)NCC(=O)N3CC(F)(F)C[C@H]3C#N)cn2)c1. The van der Waals surface area contributed by atoms with E-state index in [0.29, 0.717) is 18.8 Å². The number of carbonyl (C=O) groups is 3. The molecular formula is C23H26F2N6O4. The highest BCUT2D eigenvalue weighted by Crippen LogP contribution is 2.31. The second kappa shape index (κ2) is 10.9. The van der Waals surface area contributed by atoms with Crippen molar-refractivity contribution >= 4 is 23.6 Å². The Morgan fingerprint density at radius 2 is 2.11 bits per heavy atom. The minimum Gasteiger partial charge on any atom is -0.449 e. The van der Waals surface area contributed by atoms with Gasteiger partial charge in [-0.15, -0.1) is 0 Å². The highest BCUT2D eigenvalue weighted by molar-refractivity contribution is 5.96. The van der Waals surface area contributed by atoms with E-state index in [0.717, 1.165) is 10.5 Å². The molecule has 1 aromatic heterocycles. The smallest absolute Gasteiger partial charge is 0.411 e. The van der Waals surface area contributed by atoms with Crippen LogP contribution in [0.3, 0.4) is 0 Å². The van der Waals surface area contributed by atoms with E-state index in [4.69, 9.17) is 10.00 Å². The van der Waals surface area contributed by atoms with Gasteiger partial charge in [-0.1, -0.05) is 26.0 Å². The summed E-state index contributed by atoms with van der Waals surface area (Å²) in [6.07, 6.45) is 1.51. The van der Waals surface area contributed by atoms with Crippen LogP contribution in [0.4, 0.5) is 19.3 Å². The maximum atomic E-state index is 13.5. The third-order valence-electron chi connectivity index (χ3n) is 5.10. The van der Waals surface area contributed by atoms with Crippen LogP contribution in [-0.2, 0) is 16.1 Å². The molecule has 35 heavy (non-hydrogen) atoms. The lowest BCUT2D eigenvalue weighted by molar-refractivity contribution is -0.131. The number of likely N-dealkylation sites (tertiary alicyclic amines) is 1. The van der Waals surface area contributed by atoms with Gasteiger partial charge in [0.25, 0.3) is 11.8 Å². The van der Waals surface area contributed by atoms with Crippen LogP contribution >= 0.6 is 0 Å². The number of hydrogen-bond donors (Lipinski definition) is 2. The third kappa shape index (κ3) is 7.23. The standard InChI is InChI=1S/C23H26F2N6O4/c1-15(2)13-35-22(34)29-18-5-3-4-16(6-18)11-30-12-17(9-28-30)21(33)27-10-20(32)31-14-23(24,25)7-19(31)8-26/h3-6,9,12,15,19H,7,10-11,13-14H2,1-2H3,(H,27,33)(H,29,34)/t19-/m0/s1. The van der Waals surface area contributed by atoms with E-state index in [1.165, 1.54) is 17.1 Å². The number of nitrogens with zero attached hydrogens (tertiary/aromatic N) is 4. The second-order valence-corrected chi connectivity index (χ2v) is 8.65. The number of aromatic nitrogens is 2. The first-order valence-electron chi connectivity index (χ1n) is 11.0. The van der Waals surface area contributed by atoms with E-state index in [1.807, 2.05) is 19.9 Å². The van der Waals surface area contributed by atoms with Crippen molar-refractivity contribution in [3.8, 4) is 6.07 Å². The summed E-state index contributed by atoms with van der Waals surface area (Å²) < 4.78 is 33.6. The van der Waals surface area contributed by atoms with Crippen LogP contribution in [0, 0.1) is 17.2 Å². The van der Waals surface area contributed by atoms with E-state index in [9.17, 15) is 23.2 Å². The van der Waals surface area contributed by atoms with Crippen molar-refractivity contribution in [3.05, 3.63) is 47.8 Å². The van der Waals surface area contributed by atoms with Crippen LogP contribution in [0.2, 0.25) is 0 Å². The quantitative estimate of drug-likeness (QED) is 0.588. The molecule has 1 saturated heterocycles. The number of amides is 3. The Hall–Kier alpha value is -4.01. The monoisotopic (exact) mass is 488 g/mol. The van der Waals surface area contributed by atoms with Gasteiger partial charge < -0.3 is 15.0 Å². The average Bonchev–Trinajstić information content (AvgIpc) is 3.39. The van der Waals surface area contributed by atoms with Crippen molar-refractivity contribution in [1.29, 1.82) is 5.26 Å². The molecule has 0 bridgehead atoms.